The van der Waals surface area contributed by atoms with Crippen molar-refractivity contribution in [2.24, 2.45) is 0 Å². The van der Waals surface area contributed by atoms with Crippen LogP contribution < -0.4 is 4.90 Å². The smallest absolute Gasteiger partial charge is 0.254 e. The van der Waals surface area contributed by atoms with Crippen molar-refractivity contribution in [3.05, 3.63) is 83.0 Å². The largest absolute Gasteiger partial charge is 0.353 e. The first-order chi connectivity index (χ1) is 15.7. The number of aromatic amines is 1. The molecule has 1 aliphatic heterocycles. The number of anilines is 1. The molecule has 5 rings (SSSR count). The first-order valence-electron chi connectivity index (χ1n) is 10.5. The lowest BCUT2D eigenvalue weighted by atomic mass is 10.1. The van der Waals surface area contributed by atoms with Crippen molar-refractivity contribution in [2.45, 2.75) is 10.9 Å². The molecule has 32 heavy (non-hydrogen) atoms. The molecule has 0 radical (unpaired) electrons. The summed E-state index contributed by atoms with van der Waals surface area (Å²) in [5, 5.41) is 1.48. The maximum Gasteiger partial charge on any atom is 0.254 e. The van der Waals surface area contributed by atoms with Crippen molar-refractivity contribution >= 4 is 46.1 Å². The third-order valence-corrected chi connectivity index (χ3v) is 6.73. The number of rotatable bonds is 5. The van der Waals surface area contributed by atoms with Gasteiger partial charge in [0, 0.05) is 43.7 Å². The molecule has 4 aromatic rings. The predicted octanol–water partition coefficient (Wildman–Crippen LogP) is 4.87. The second kappa shape index (κ2) is 9.22. The van der Waals surface area contributed by atoms with E-state index < -0.39 is 0 Å². The van der Waals surface area contributed by atoms with Crippen LogP contribution in [-0.2, 0) is 5.75 Å². The molecule has 2 aromatic heterocycles. The maximum atomic E-state index is 13.3. The SMILES string of the molecule is O=C(c1ccccc1CSc1nc2ccccc2[nH]1)N1CCN(c2ccc(Cl)cn2)CC1. The zero-order valence-corrected chi connectivity index (χ0v) is 18.9. The number of imidazole rings is 1. The molecule has 1 amide bonds. The molecule has 1 fully saturated rings. The van der Waals surface area contributed by atoms with Gasteiger partial charge in [0.25, 0.3) is 5.91 Å². The van der Waals surface area contributed by atoms with Crippen molar-refractivity contribution in [3.8, 4) is 0 Å². The standard InChI is InChI=1S/C24H22ClN5OS/c25-18-9-10-22(26-15-18)29-11-13-30(14-12-29)23(31)19-6-2-1-5-17(19)16-32-24-27-20-7-3-4-8-21(20)28-24/h1-10,15H,11-14,16H2,(H,27,28). The summed E-state index contributed by atoms with van der Waals surface area (Å²) >= 11 is 7.55. The Morgan fingerprint density at radius 2 is 1.78 bits per heavy atom. The fourth-order valence-electron chi connectivity index (χ4n) is 3.86. The van der Waals surface area contributed by atoms with Gasteiger partial charge in [-0.05, 0) is 35.9 Å². The van der Waals surface area contributed by atoms with Gasteiger partial charge >= 0.3 is 0 Å². The number of para-hydroxylation sites is 2. The lowest BCUT2D eigenvalue weighted by Gasteiger charge is -2.35. The summed E-state index contributed by atoms with van der Waals surface area (Å²) in [6.07, 6.45) is 1.66. The number of thioether (sulfide) groups is 1. The molecule has 0 atom stereocenters. The third kappa shape index (κ3) is 4.45. The van der Waals surface area contributed by atoms with E-state index in [-0.39, 0.29) is 5.91 Å². The van der Waals surface area contributed by atoms with Gasteiger partial charge in [-0.1, -0.05) is 53.7 Å². The van der Waals surface area contributed by atoms with E-state index in [9.17, 15) is 4.79 Å². The highest BCUT2D eigenvalue weighted by Crippen LogP contribution is 2.26. The van der Waals surface area contributed by atoms with Gasteiger partial charge in [-0.3, -0.25) is 4.79 Å². The van der Waals surface area contributed by atoms with E-state index >= 15 is 0 Å². The molecular weight excluding hydrogens is 442 g/mol. The highest BCUT2D eigenvalue weighted by atomic mass is 35.5. The lowest BCUT2D eigenvalue weighted by molar-refractivity contribution is 0.0745. The summed E-state index contributed by atoms with van der Waals surface area (Å²) in [5.41, 5.74) is 3.75. The van der Waals surface area contributed by atoms with E-state index in [2.05, 4.69) is 19.9 Å². The quantitative estimate of drug-likeness (QED) is 0.428. The molecule has 1 N–H and O–H groups in total. The van der Waals surface area contributed by atoms with Crippen LogP contribution in [-0.4, -0.2) is 51.9 Å². The van der Waals surface area contributed by atoms with Crippen molar-refractivity contribution in [1.82, 2.24) is 19.9 Å². The minimum atomic E-state index is 0.0783. The van der Waals surface area contributed by atoms with Crippen LogP contribution in [0, 0.1) is 0 Å². The number of halogens is 1. The first-order valence-corrected chi connectivity index (χ1v) is 11.8. The fourth-order valence-corrected chi connectivity index (χ4v) is 4.86. The summed E-state index contributed by atoms with van der Waals surface area (Å²) in [7, 11) is 0. The van der Waals surface area contributed by atoms with Crippen LogP contribution in [0.2, 0.25) is 5.02 Å². The number of hydrogen-bond donors (Lipinski definition) is 1. The number of pyridine rings is 1. The van der Waals surface area contributed by atoms with Gasteiger partial charge in [0.05, 0.1) is 16.1 Å². The maximum absolute atomic E-state index is 13.3. The van der Waals surface area contributed by atoms with Crippen molar-refractivity contribution < 1.29 is 4.79 Å². The Labute approximate surface area is 195 Å². The predicted molar refractivity (Wildman–Crippen MR) is 129 cm³/mol. The van der Waals surface area contributed by atoms with Crippen molar-refractivity contribution in [3.63, 3.8) is 0 Å². The van der Waals surface area contributed by atoms with Crippen LogP contribution in [0.1, 0.15) is 15.9 Å². The fraction of sp³-hybridized carbons (Fsp3) is 0.208. The van der Waals surface area contributed by atoms with Gasteiger partial charge in [0.2, 0.25) is 0 Å². The number of nitrogens with zero attached hydrogens (tertiary/aromatic N) is 4. The second-order valence-corrected chi connectivity index (χ2v) is 9.02. The number of hydrogen-bond acceptors (Lipinski definition) is 5. The summed E-state index contributed by atoms with van der Waals surface area (Å²) in [6, 6.07) is 19.6. The van der Waals surface area contributed by atoms with Crippen molar-refractivity contribution in [1.29, 1.82) is 0 Å². The number of carbonyl (C=O) groups excluding carboxylic acids is 1. The number of carbonyl (C=O) groups is 1. The van der Waals surface area contributed by atoms with Gasteiger partial charge < -0.3 is 14.8 Å². The summed E-state index contributed by atoms with van der Waals surface area (Å²) in [6.45, 7) is 2.81. The molecule has 3 heterocycles. The summed E-state index contributed by atoms with van der Waals surface area (Å²) in [4.78, 5) is 29.8. The highest BCUT2D eigenvalue weighted by molar-refractivity contribution is 7.98. The van der Waals surface area contributed by atoms with Crippen LogP contribution in [0.15, 0.2) is 72.0 Å². The number of amides is 1. The first kappa shape index (κ1) is 20.8. The molecule has 162 valence electrons. The second-order valence-electron chi connectivity index (χ2n) is 7.62. The van der Waals surface area contributed by atoms with Gasteiger partial charge in [0.1, 0.15) is 5.82 Å². The minimum absolute atomic E-state index is 0.0783. The van der Waals surface area contributed by atoms with E-state index in [4.69, 9.17) is 11.6 Å². The molecule has 1 aliphatic rings. The number of H-pyrrole nitrogens is 1. The molecule has 6 nitrogen and oxygen atoms in total. The van der Waals surface area contributed by atoms with E-state index in [1.165, 1.54) is 0 Å². The zero-order chi connectivity index (χ0) is 21.9. The van der Waals surface area contributed by atoms with Gasteiger partial charge in [-0.15, -0.1) is 0 Å². The molecule has 0 spiro atoms. The van der Waals surface area contributed by atoms with Crippen molar-refractivity contribution in [2.75, 3.05) is 31.1 Å². The molecule has 0 aliphatic carbocycles. The topological polar surface area (TPSA) is 65.1 Å². The van der Waals surface area contributed by atoms with E-state index in [1.807, 2.05) is 65.6 Å². The number of benzene rings is 2. The Balaban J connectivity index is 1.25. The Kier molecular flexibility index (Phi) is 6.01. The normalized spacial score (nSPS) is 14.2. The van der Waals surface area contributed by atoms with Crippen LogP contribution in [0.25, 0.3) is 11.0 Å². The molecule has 0 bridgehead atoms. The Bertz CT molecular complexity index is 1200. The Morgan fingerprint density at radius 1 is 1.00 bits per heavy atom. The minimum Gasteiger partial charge on any atom is -0.353 e. The van der Waals surface area contributed by atoms with E-state index in [0.29, 0.717) is 23.9 Å². The average molecular weight is 464 g/mol. The zero-order valence-electron chi connectivity index (χ0n) is 17.4. The number of aromatic nitrogens is 3. The van der Waals surface area contributed by atoms with Crippen LogP contribution in [0.5, 0.6) is 0 Å². The van der Waals surface area contributed by atoms with Gasteiger partial charge in [0.15, 0.2) is 5.16 Å². The summed E-state index contributed by atoms with van der Waals surface area (Å²) < 4.78 is 0. The van der Waals surface area contributed by atoms with Gasteiger partial charge in [-0.2, -0.15) is 0 Å². The molecule has 0 saturated carbocycles. The summed E-state index contributed by atoms with van der Waals surface area (Å²) in [5.74, 6) is 1.65. The molecule has 1 saturated heterocycles. The monoisotopic (exact) mass is 463 g/mol. The van der Waals surface area contributed by atoms with Crippen LogP contribution in [0.4, 0.5) is 5.82 Å². The Morgan fingerprint density at radius 3 is 2.56 bits per heavy atom. The van der Waals surface area contributed by atoms with Gasteiger partial charge in [-0.25, -0.2) is 9.97 Å². The number of nitrogens with one attached hydrogen (secondary N) is 1. The third-order valence-electron chi connectivity index (χ3n) is 5.58. The molecule has 2 aromatic carbocycles. The van der Waals surface area contributed by atoms with E-state index in [0.717, 1.165) is 46.2 Å². The molecular formula is C24H22ClN5OS. The van der Waals surface area contributed by atoms with Crippen LogP contribution >= 0.6 is 23.4 Å². The average Bonchev–Trinajstić information content (AvgIpc) is 3.26. The molecule has 0 unspecified atom stereocenters. The Hall–Kier alpha value is -3.03. The number of piperazine rings is 1. The number of fused-ring (bicyclic) bond motifs is 1. The highest BCUT2D eigenvalue weighted by Gasteiger charge is 2.24. The van der Waals surface area contributed by atoms with E-state index in [1.54, 1.807) is 18.0 Å². The lowest BCUT2D eigenvalue weighted by Crippen LogP contribution is -2.49. The molecule has 8 heteroatoms. The van der Waals surface area contributed by atoms with Crippen LogP contribution in [0.3, 0.4) is 0 Å².